The summed E-state index contributed by atoms with van der Waals surface area (Å²) in [5.74, 6) is 0.559. The molecule has 0 fully saturated rings. The van der Waals surface area contributed by atoms with Crippen molar-refractivity contribution in [3.63, 3.8) is 0 Å². The molecule has 3 nitrogen and oxygen atoms in total. The van der Waals surface area contributed by atoms with Crippen LogP contribution in [0.3, 0.4) is 0 Å². The molecule has 0 spiro atoms. The molecule has 17 heavy (non-hydrogen) atoms. The molecule has 2 rings (SSSR count). The van der Waals surface area contributed by atoms with E-state index in [-0.39, 0.29) is 5.82 Å². The highest BCUT2D eigenvalue weighted by Crippen LogP contribution is 2.30. The number of nitrogens with zero attached hydrogens (tertiary/aromatic N) is 2. The Balaban J connectivity index is 2.20. The van der Waals surface area contributed by atoms with E-state index in [0.717, 1.165) is 27.0 Å². The molecule has 2 aromatic rings. The van der Waals surface area contributed by atoms with Gasteiger partial charge < -0.3 is 5.73 Å². The summed E-state index contributed by atoms with van der Waals surface area (Å²) in [6.45, 7) is 2.34. The summed E-state index contributed by atoms with van der Waals surface area (Å²) < 4.78 is 18.3. The smallest absolute Gasteiger partial charge is 0.174 e. The minimum absolute atomic E-state index is 0.268. The summed E-state index contributed by atoms with van der Waals surface area (Å²) in [5.41, 5.74) is 6.29. The van der Waals surface area contributed by atoms with Gasteiger partial charge in [0.05, 0.1) is 0 Å². The maximum absolute atomic E-state index is 13.3. The average Bonchev–Trinajstić information content (AvgIpc) is 2.76. The van der Waals surface area contributed by atoms with E-state index in [9.17, 15) is 4.39 Å². The predicted octanol–water partition coefficient (Wildman–Crippen LogP) is 2.85. The summed E-state index contributed by atoms with van der Waals surface area (Å²) >= 11 is 2.75. The van der Waals surface area contributed by atoms with Crippen molar-refractivity contribution in [3.05, 3.63) is 35.4 Å². The topological polar surface area (TPSA) is 51.8 Å². The van der Waals surface area contributed by atoms with Crippen molar-refractivity contribution in [2.75, 3.05) is 0 Å². The second kappa shape index (κ2) is 5.57. The molecule has 1 heterocycles. The molecule has 90 valence electrons. The Morgan fingerprint density at radius 2 is 2.24 bits per heavy atom. The lowest BCUT2D eigenvalue weighted by molar-refractivity contribution is 0.621. The monoisotopic (exact) mass is 269 g/mol. The van der Waals surface area contributed by atoms with Crippen molar-refractivity contribution in [2.24, 2.45) is 5.73 Å². The molecule has 0 aliphatic rings. The molecule has 0 saturated carbocycles. The van der Waals surface area contributed by atoms with Crippen molar-refractivity contribution in [3.8, 4) is 0 Å². The van der Waals surface area contributed by atoms with Gasteiger partial charge in [-0.05, 0) is 35.3 Å². The van der Waals surface area contributed by atoms with Crippen LogP contribution in [0.5, 0.6) is 0 Å². The highest BCUT2D eigenvalue weighted by atomic mass is 32.2. The molecule has 1 aromatic heterocycles. The normalized spacial score (nSPS) is 10.8. The van der Waals surface area contributed by atoms with Crippen LogP contribution in [0, 0.1) is 5.82 Å². The molecule has 0 radical (unpaired) electrons. The van der Waals surface area contributed by atoms with Gasteiger partial charge in [-0.1, -0.05) is 18.7 Å². The minimum Gasteiger partial charge on any atom is -0.326 e. The number of halogens is 1. The van der Waals surface area contributed by atoms with Gasteiger partial charge in [0, 0.05) is 17.9 Å². The summed E-state index contributed by atoms with van der Waals surface area (Å²) in [5, 5.41) is 0. The van der Waals surface area contributed by atoms with Crippen molar-refractivity contribution in [1.29, 1.82) is 0 Å². The second-order valence-corrected chi connectivity index (χ2v) is 5.50. The number of hydrogen-bond acceptors (Lipinski definition) is 5. The summed E-state index contributed by atoms with van der Waals surface area (Å²) in [7, 11) is 0. The predicted molar refractivity (Wildman–Crippen MR) is 67.7 cm³/mol. The Kier molecular flexibility index (Phi) is 4.09. The zero-order valence-corrected chi connectivity index (χ0v) is 10.9. The van der Waals surface area contributed by atoms with Crippen LogP contribution in [-0.2, 0) is 13.0 Å². The largest absolute Gasteiger partial charge is 0.326 e. The van der Waals surface area contributed by atoms with Crippen molar-refractivity contribution in [1.82, 2.24) is 9.36 Å². The Morgan fingerprint density at radius 1 is 1.41 bits per heavy atom. The first-order valence-corrected chi connectivity index (χ1v) is 6.80. The van der Waals surface area contributed by atoms with E-state index in [1.165, 1.54) is 35.4 Å². The molecule has 6 heteroatoms. The Labute approximate surface area is 107 Å². The number of benzene rings is 1. The fourth-order valence-corrected chi connectivity index (χ4v) is 3.10. The van der Waals surface area contributed by atoms with Crippen LogP contribution in [0.2, 0.25) is 0 Å². The first-order valence-electron chi connectivity index (χ1n) is 5.21. The molecule has 0 unspecified atom stereocenters. The molecular formula is C11H12FN3S2. The zero-order chi connectivity index (χ0) is 12.3. The minimum atomic E-state index is -0.268. The van der Waals surface area contributed by atoms with Crippen LogP contribution < -0.4 is 5.73 Å². The van der Waals surface area contributed by atoms with E-state index in [1.807, 2.05) is 13.0 Å². The third kappa shape index (κ3) is 3.24. The lowest BCUT2D eigenvalue weighted by Crippen LogP contribution is -1.96. The van der Waals surface area contributed by atoms with Gasteiger partial charge in [-0.25, -0.2) is 9.37 Å². The van der Waals surface area contributed by atoms with Crippen LogP contribution in [-0.4, -0.2) is 9.36 Å². The number of nitrogens with two attached hydrogens (primary N) is 1. The molecule has 0 saturated heterocycles. The number of aromatic nitrogens is 2. The summed E-state index contributed by atoms with van der Waals surface area (Å²) in [4.78, 5) is 5.14. The van der Waals surface area contributed by atoms with Crippen molar-refractivity contribution in [2.45, 2.75) is 29.1 Å². The fourth-order valence-electron chi connectivity index (χ4n) is 1.32. The van der Waals surface area contributed by atoms with Crippen LogP contribution in [0.4, 0.5) is 4.39 Å². The van der Waals surface area contributed by atoms with Gasteiger partial charge in [0.15, 0.2) is 4.34 Å². The van der Waals surface area contributed by atoms with E-state index < -0.39 is 0 Å². The molecule has 0 aliphatic heterocycles. The van der Waals surface area contributed by atoms with Gasteiger partial charge in [-0.3, -0.25) is 0 Å². The van der Waals surface area contributed by atoms with E-state index in [0.29, 0.717) is 6.54 Å². The zero-order valence-electron chi connectivity index (χ0n) is 9.31. The summed E-state index contributed by atoms with van der Waals surface area (Å²) in [6.07, 6.45) is 0.814. The molecule has 0 amide bonds. The lowest BCUT2D eigenvalue weighted by atomic mass is 10.2. The quantitative estimate of drug-likeness (QED) is 0.927. The Hall–Kier alpha value is -0.980. The maximum atomic E-state index is 13.3. The van der Waals surface area contributed by atoms with Crippen LogP contribution in [0.1, 0.15) is 18.3 Å². The first-order chi connectivity index (χ1) is 8.21. The van der Waals surface area contributed by atoms with Gasteiger partial charge in [0.2, 0.25) is 0 Å². The second-order valence-electron chi connectivity index (χ2n) is 3.43. The maximum Gasteiger partial charge on any atom is 0.174 e. The number of aryl methyl sites for hydroxylation is 1. The highest BCUT2D eigenvalue weighted by molar-refractivity contribution is 8.01. The van der Waals surface area contributed by atoms with Crippen LogP contribution >= 0.6 is 23.3 Å². The third-order valence-corrected chi connectivity index (χ3v) is 3.90. The lowest BCUT2D eigenvalue weighted by Gasteiger charge is -2.01. The van der Waals surface area contributed by atoms with Gasteiger partial charge in [-0.2, -0.15) is 4.37 Å². The Bertz CT molecular complexity index is 513. The van der Waals surface area contributed by atoms with Gasteiger partial charge >= 0.3 is 0 Å². The van der Waals surface area contributed by atoms with Crippen LogP contribution in [0.25, 0.3) is 0 Å². The molecule has 0 atom stereocenters. The molecule has 1 aromatic carbocycles. The summed E-state index contributed by atoms with van der Waals surface area (Å²) in [6, 6.07) is 4.80. The van der Waals surface area contributed by atoms with E-state index >= 15 is 0 Å². The molecule has 0 aliphatic carbocycles. The SMILES string of the molecule is CCc1nsc(Sc2cc(F)cc(CN)c2)n1. The highest BCUT2D eigenvalue weighted by Gasteiger charge is 2.06. The number of rotatable bonds is 4. The molecule has 0 bridgehead atoms. The van der Waals surface area contributed by atoms with Gasteiger partial charge in [0.25, 0.3) is 0 Å². The van der Waals surface area contributed by atoms with Crippen molar-refractivity contribution < 1.29 is 4.39 Å². The van der Waals surface area contributed by atoms with Gasteiger partial charge in [-0.15, -0.1) is 0 Å². The standard InChI is InChI=1S/C11H12FN3S2/c1-2-10-14-11(17-15-10)16-9-4-7(6-13)3-8(12)5-9/h3-5H,2,6,13H2,1H3. The van der Waals surface area contributed by atoms with Crippen LogP contribution in [0.15, 0.2) is 27.4 Å². The molecular weight excluding hydrogens is 257 g/mol. The van der Waals surface area contributed by atoms with Gasteiger partial charge in [0.1, 0.15) is 11.6 Å². The van der Waals surface area contributed by atoms with E-state index in [4.69, 9.17) is 5.73 Å². The van der Waals surface area contributed by atoms with E-state index in [2.05, 4.69) is 9.36 Å². The molecule has 2 N–H and O–H groups in total. The average molecular weight is 269 g/mol. The third-order valence-electron chi connectivity index (χ3n) is 2.14. The van der Waals surface area contributed by atoms with Crippen molar-refractivity contribution >= 4 is 23.3 Å². The Morgan fingerprint density at radius 3 is 2.88 bits per heavy atom. The van der Waals surface area contributed by atoms with E-state index in [1.54, 1.807) is 0 Å². The fraction of sp³-hybridized carbons (Fsp3) is 0.273. The number of hydrogen-bond donors (Lipinski definition) is 1. The first kappa shape index (κ1) is 12.5.